The Morgan fingerprint density at radius 2 is 2.08 bits per heavy atom. The lowest BCUT2D eigenvalue weighted by molar-refractivity contribution is 0.471. The highest BCUT2D eigenvalue weighted by molar-refractivity contribution is 5.07. The molecule has 1 aliphatic rings. The fraction of sp³-hybridized carbons (Fsp3) is 0.556. The van der Waals surface area contributed by atoms with E-state index in [9.17, 15) is 0 Å². The molecule has 1 unspecified atom stereocenters. The Hall–Kier alpha value is -1.00. The Labute approximate surface area is 77.5 Å². The van der Waals surface area contributed by atoms with Crippen LogP contribution < -0.4 is 11.3 Å². The molecule has 3 N–H and O–H groups in total. The Balaban J connectivity index is 2.17. The molecule has 4 heteroatoms. The summed E-state index contributed by atoms with van der Waals surface area (Å²) in [6.07, 6.45) is 6.11. The van der Waals surface area contributed by atoms with E-state index >= 15 is 0 Å². The molecule has 2 rings (SSSR count). The molecule has 1 saturated carbocycles. The van der Waals surface area contributed by atoms with Crippen molar-refractivity contribution in [2.45, 2.75) is 25.8 Å². The molecule has 1 aliphatic carbocycles. The third-order valence-electron chi connectivity index (χ3n) is 2.35. The van der Waals surface area contributed by atoms with Crippen LogP contribution in [0, 0.1) is 12.8 Å². The van der Waals surface area contributed by atoms with Crippen molar-refractivity contribution < 1.29 is 0 Å². The number of nitrogens with two attached hydrogens (primary N) is 1. The minimum absolute atomic E-state index is 0.139. The van der Waals surface area contributed by atoms with Crippen LogP contribution in [-0.4, -0.2) is 9.97 Å². The zero-order valence-electron chi connectivity index (χ0n) is 7.70. The van der Waals surface area contributed by atoms with Crippen molar-refractivity contribution in [2.75, 3.05) is 0 Å². The average Bonchev–Trinajstić information content (AvgIpc) is 2.93. The molecule has 70 valence electrons. The van der Waals surface area contributed by atoms with Crippen molar-refractivity contribution in [1.82, 2.24) is 15.4 Å². The minimum atomic E-state index is 0.139. The van der Waals surface area contributed by atoms with Crippen LogP contribution >= 0.6 is 0 Å². The summed E-state index contributed by atoms with van der Waals surface area (Å²) in [4.78, 5) is 8.51. The van der Waals surface area contributed by atoms with Gasteiger partial charge in [-0.15, -0.1) is 0 Å². The Kier molecular flexibility index (Phi) is 2.24. The lowest BCUT2D eigenvalue weighted by Gasteiger charge is -2.12. The molecule has 0 radical (unpaired) electrons. The van der Waals surface area contributed by atoms with E-state index in [0.717, 1.165) is 11.4 Å². The second kappa shape index (κ2) is 3.40. The highest BCUT2D eigenvalue weighted by atomic mass is 15.3. The molecule has 1 heterocycles. The van der Waals surface area contributed by atoms with Crippen LogP contribution in [0.4, 0.5) is 0 Å². The first-order valence-electron chi connectivity index (χ1n) is 4.56. The van der Waals surface area contributed by atoms with E-state index in [1.54, 1.807) is 0 Å². The highest BCUT2D eigenvalue weighted by Gasteiger charge is 2.33. The van der Waals surface area contributed by atoms with Gasteiger partial charge in [-0.3, -0.25) is 5.84 Å². The summed E-state index contributed by atoms with van der Waals surface area (Å²) >= 11 is 0. The molecule has 1 atom stereocenters. The summed E-state index contributed by atoms with van der Waals surface area (Å²) in [5.41, 5.74) is 3.85. The number of hydrogen-bond acceptors (Lipinski definition) is 4. The van der Waals surface area contributed by atoms with Crippen molar-refractivity contribution >= 4 is 0 Å². The summed E-state index contributed by atoms with van der Waals surface area (Å²) < 4.78 is 0. The van der Waals surface area contributed by atoms with Crippen LogP contribution in [0.1, 0.15) is 30.3 Å². The minimum Gasteiger partial charge on any atom is -0.271 e. The summed E-state index contributed by atoms with van der Waals surface area (Å²) in [7, 11) is 0. The van der Waals surface area contributed by atoms with E-state index in [1.807, 2.05) is 19.3 Å². The zero-order valence-corrected chi connectivity index (χ0v) is 7.70. The quantitative estimate of drug-likeness (QED) is 0.528. The van der Waals surface area contributed by atoms with Crippen molar-refractivity contribution in [1.29, 1.82) is 0 Å². The molecular formula is C9H14N4. The monoisotopic (exact) mass is 178 g/mol. The van der Waals surface area contributed by atoms with Gasteiger partial charge in [0.05, 0.1) is 6.04 Å². The number of hydrazine groups is 1. The van der Waals surface area contributed by atoms with Gasteiger partial charge in [0.2, 0.25) is 0 Å². The second-order valence-electron chi connectivity index (χ2n) is 3.60. The fourth-order valence-electron chi connectivity index (χ4n) is 1.41. The SMILES string of the molecule is Cc1cnc(C(NN)C2CC2)nc1. The first-order chi connectivity index (χ1) is 6.31. The molecule has 0 spiro atoms. The van der Waals surface area contributed by atoms with Gasteiger partial charge < -0.3 is 0 Å². The molecule has 13 heavy (non-hydrogen) atoms. The van der Waals surface area contributed by atoms with Gasteiger partial charge in [0, 0.05) is 12.4 Å². The van der Waals surface area contributed by atoms with Gasteiger partial charge in [-0.05, 0) is 31.2 Å². The van der Waals surface area contributed by atoms with Crippen LogP contribution in [0.3, 0.4) is 0 Å². The Bertz CT molecular complexity index is 278. The van der Waals surface area contributed by atoms with Crippen LogP contribution in [-0.2, 0) is 0 Å². The molecule has 0 bridgehead atoms. The Morgan fingerprint density at radius 3 is 2.54 bits per heavy atom. The number of rotatable bonds is 3. The van der Waals surface area contributed by atoms with E-state index in [0.29, 0.717) is 5.92 Å². The second-order valence-corrected chi connectivity index (χ2v) is 3.60. The molecule has 1 aromatic heterocycles. The molecule has 0 aromatic carbocycles. The normalized spacial score (nSPS) is 18.6. The van der Waals surface area contributed by atoms with Crippen LogP contribution in [0.2, 0.25) is 0 Å². The fourth-order valence-corrected chi connectivity index (χ4v) is 1.41. The molecule has 4 nitrogen and oxygen atoms in total. The van der Waals surface area contributed by atoms with Gasteiger partial charge in [-0.1, -0.05) is 0 Å². The number of aryl methyl sites for hydroxylation is 1. The Morgan fingerprint density at radius 1 is 1.46 bits per heavy atom. The van der Waals surface area contributed by atoms with Crippen LogP contribution in [0.25, 0.3) is 0 Å². The van der Waals surface area contributed by atoms with Crippen LogP contribution in [0.15, 0.2) is 12.4 Å². The summed E-state index contributed by atoms with van der Waals surface area (Å²) in [5, 5.41) is 0. The molecule has 0 aliphatic heterocycles. The summed E-state index contributed by atoms with van der Waals surface area (Å²) in [5.74, 6) is 6.90. The maximum absolute atomic E-state index is 5.45. The van der Waals surface area contributed by atoms with Crippen molar-refractivity contribution in [3.63, 3.8) is 0 Å². The van der Waals surface area contributed by atoms with E-state index < -0.39 is 0 Å². The van der Waals surface area contributed by atoms with E-state index in [2.05, 4.69) is 15.4 Å². The van der Waals surface area contributed by atoms with Crippen molar-refractivity contribution in [2.24, 2.45) is 11.8 Å². The lowest BCUT2D eigenvalue weighted by Crippen LogP contribution is -2.30. The maximum atomic E-state index is 5.45. The number of nitrogens with zero attached hydrogens (tertiary/aromatic N) is 2. The number of nitrogens with one attached hydrogen (secondary N) is 1. The number of hydrogen-bond donors (Lipinski definition) is 2. The smallest absolute Gasteiger partial charge is 0.146 e. The van der Waals surface area contributed by atoms with Gasteiger partial charge in [0.25, 0.3) is 0 Å². The van der Waals surface area contributed by atoms with Gasteiger partial charge in [-0.25, -0.2) is 15.4 Å². The van der Waals surface area contributed by atoms with Gasteiger partial charge in [0.15, 0.2) is 0 Å². The van der Waals surface area contributed by atoms with Gasteiger partial charge in [0.1, 0.15) is 5.82 Å². The first-order valence-corrected chi connectivity index (χ1v) is 4.56. The maximum Gasteiger partial charge on any atom is 0.146 e. The van der Waals surface area contributed by atoms with E-state index in [1.165, 1.54) is 12.8 Å². The van der Waals surface area contributed by atoms with Crippen molar-refractivity contribution in [3.05, 3.63) is 23.8 Å². The summed E-state index contributed by atoms with van der Waals surface area (Å²) in [6.45, 7) is 1.98. The topological polar surface area (TPSA) is 63.8 Å². The van der Waals surface area contributed by atoms with E-state index in [-0.39, 0.29) is 6.04 Å². The molecular weight excluding hydrogens is 164 g/mol. The average molecular weight is 178 g/mol. The summed E-state index contributed by atoms with van der Waals surface area (Å²) in [6, 6.07) is 0.139. The molecule has 1 fully saturated rings. The zero-order chi connectivity index (χ0) is 9.26. The highest BCUT2D eigenvalue weighted by Crippen LogP contribution is 2.39. The molecule has 1 aromatic rings. The predicted octanol–water partition coefficient (Wildman–Crippen LogP) is 0.699. The third-order valence-corrected chi connectivity index (χ3v) is 2.35. The van der Waals surface area contributed by atoms with Gasteiger partial charge >= 0.3 is 0 Å². The predicted molar refractivity (Wildman–Crippen MR) is 49.6 cm³/mol. The molecule has 0 saturated heterocycles. The van der Waals surface area contributed by atoms with Gasteiger partial charge in [-0.2, -0.15) is 0 Å². The third kappa shape index (κ3) is 1.84. The lowest BCUT2D eigenvalue weighted by atomic mass is 10.2. The largest absolute Gasteiger partial charge is 0.271 e. The van der Waals surface area contributed by atoms with Crippen LogP contribution in [0.5, 0.6) is 0 Å². The standard InChI is InChI=1S/C9H14N4/c1-6-4-11-9(12-5-6)8(13-10)7-2-3-7/h4-5,7-8,13H,2-3,10H2,1H3. The number of aromatic nitrogens is 2. The molecule has 0 amide bonds. The first kappa shape index (κ1) is 8.59. The van der Waals surface area contributed by atoms with E-state index in [4.69, 9.17) is 5.84 Å². The van der Waals surface area contributed by atoms with Crippen molar-refractivity contribution in [3.8, 4) is 0 Å².